The van der Waals surface area contributed by atoms with Crippen molar-refractivity contribution in [3.63, 3.8) is 0 Å². The Balaban J connectivity index is 1.88. The molecule has 1 N–H and O–H groups in total. The van der Waals surface area contributed by atoms with Crippen LogP contribution in [0.15, 0.2) is 30.3 Å². The molecule has 0 saturated carbocycles. The van der Waals surface area contributed by atoms with Crippen LogP contribution < -0.4 is 5.32 Å². The summed E-state index contributed by atoms with van der Waals surface area (Å²) in [6, 6.07) is 10.2. The third kappa shape index (κ3) is 9.13. The zero-order valence-corrected chi connectivity index (χ0v) is 18.9. The van der Waals surface area contributed by atoms with E-state index in [0.717, 1.165) is 38.4 Å². The van der Waals surface area contributed by atoms with Crippen molar-refractivity contribution in [2.75, 3.05) is 39.4 Å². The van der Waals surface area contributed by atoms with E-state index in [1.54, 1.807) is 0 Å². The van der Waals surface area contributed by atoms with Gasteiger partial charge >= 0.3 is 6.09 Å². The fraction of sp³-hybridized carbons (Fsp3) is 0.652. The van der Waals surface area contributed by atoms with Gasteiger partial charge in [0.25, 0.3) is 0 Å². The maximum absolute atomic E-state index is 13.0. The molecular weight excluding hydrogens is 382 g/mol. The van der Waals surface area contributed by atoms with E-state index in [1.807, 2.05) is 56.0 Å². The van der Waals surface area contributed by atoms with E-state index >= 15 is 0 Å². The molecule has 1 aromatic carbocycles. The molecule has 0 radical (unpaired) electrons. The average Bonchev–Trinajstić information content (AvgIpc) is 2.69. The Kier molecular flexibility index (Phi) is 9.59. The summed E-state index contributed by atoms with van der Waals surface area (Å²) >= 11 is 0. The number of hydrogen-bond acceptors (Lipinski definition) is 5. The second-order valence-corrected chi connectivity index (χ2v) is 8.80. The molecule has 7 nitrogen and oxygen atoms in total. The van der Waals surface area contributed by atoms with E-state index in [1.165, 1.54) is 0 Å². The molecule has 2 rings (SSSR count). The molecular formula is C23H37N3O4. The Hall–Kier alpha value is -2.12. The molecule has 1 aliphatic heterocycles. The van der Waals surface area contributed by atoms with Crippen molar-refractivity contribution < 1.29 is 19.1 Å². The first-order valence-electron chi connectivity index (χ1n) is 10.8. The van der Waals surface area contributed by atoms with Crippen molar-refractivity contribution >= 4 is 12.0 Å². The Morgan fingerprint density at radius 3 is 2.50 bits per heavy atom. The molecule has 1 fully saturated rings. The van der Waals surface area contributed by atoms with Gasteiger partial charge in [0.05, 0.1) is 13.2 Å². The SMILES string of the molecule is CC(CN1CCOCC1)N(Cc1ccccc1)C(=O)CCCNC(=O)OC(C)(C)C. The summed E-state index contributed by atoms with van der Waals surface area (Å²) in [6.07, 6.45) is 0.515. The predicted molar refractivity (Wildman–Crippen MR) is 117 cm³/mol. The summed E-state index contributed by atoms with van der Waals surface area (Å²) in [5.41, 5.74) is 0.591. The van der Waals surface area contributed by atoms with Gasteiger partial charge in [0, 0.05) is 45.2 Å². The van der Waals surface area contributed by atoms with E-state index in [4.69, 9.17) is 9.47 Å². The van der Waals surface area contributed by atoms with Crippen LogP contribution in [-0.2, 0) is 20.8 Å². The van der Waals surface area contributed by atoms with Crippen LogP contribution in [0.3, 0.4) is 0 Å². The first kappa shape index (κ1) is 24.2. The molecule has 1 aromatic rings. The third-order valence-electron chi connectivity index (χ3n) is 4.91. The average molecular weight is 420 g/mol. The van der Waals surface area contributed by atoms with Crippen molar-refractivity contribution in [1.29, 1.82) is 0 Å². The minimum Gasteiger partial charge on any atom is -0.444 e. The van der Waals surface area contributed by atoms with Crippen LogP contribution in [0.2, 0.25) is 0 Å². The number of nitrogens with zero attached hydrogens (tertiary/aromatic N) is 2. The molecule has 1 atom stereocenters. The van der Waals surface area contributed by atoms with Gasteiger partial charge in [0.1, 0.15) is 5.60 Å². The van der Waals surface area contributed by atoms with Crippen LogP contribution in [0.1, 0.15) is 46.1 Å². The maximum atomic E-state index is 13.0. The monoisotopic (exact) mass is 419 g/mol. The molecule has 0 aliphatic carbocycles. The van der Waals surface area contributed by atoms with Crippen molar-refractivity contribution in [2.24, 2.45) is 0 Å². The van der Waals surface area contributed by atoms with Crippen molar-refractivity contribution in [3.05, 3.63) is 35.9 Å². The summed E-state index contributed by atoms with van der Waals surface area (Å²) in [6.45, 7) is 12.7. The fourth-order valence-electron chi connectivity index (χ4n) is 3.41. The van der Waals surface area contributed by atoms with Crippen LogP contribution in [0, 0.1) is 0 Å². The Bertz CT molecular complexity index is 654. The lowest BCUT2D eigenvalue weighted by Gasteiger charge is -2.35. The lowest BCUT2D eigenvalue weighted by atomic mass is 10.1. The number of carbonyl (C=O) groups is 2. The van der Waals surface area contributed by atoms with Crippen LogP contribution in [-0.4, -0.2) is 72.8 Å². The normalized spacial score (nSPS) is 16.0. The first-order valence-corrected chi connectivity index (χ1v) is 10.8. The lowest BCUT2D eigenvalue weighted by Crippen LogP contribution is -2.48. The van der Waals surface area contributed by atoms with Gasteiger partial charge in [-0.25, -0.2) is 4.79 Å². The third-order valence-corrected chi connectivity index (χ3v) is 4.91. The first-order chi connectivity index (χ1) is 14.2. The van der Waals surface area contributed by atoms with Gasteiger partial charge in [-0.1, -0.05) is 30.3 Å². The summed E-state index contributed by atoms with van der Waals surface area (Å²) < 4.78 is 10.7. The highest BCUT2D eigenvalue weighted by Gasteiger charge is 2.23. The van der Waals surface area contributed by atoms with Crippen molar-refractivity contribution in [3.8, 4) is 0 Å². The summed E-state index contributed by atoms with van der Waals surface area (Å²) in [5.74, 6) is 0.102. The van der Waals surface area contributed by atoms with Crippen LogP contribution in [0.25, 0.3) is 0 Å². The number of benzene rings is 1. The van der Waals surface area contributed by atoms with E-state index < -0.39 is 11.7 Å². The Labute approximate surface area is 180 Å². The molecule has 0 aromatic heterocycles. The number of ether oxygens (including phenoxy) is 2. The molecule has 0 bridgehead atoms. The number of carbonyl (C=O) groups excluding carboxylic acids is 2. The highest BCUT2D eigenvalue weighted by Crippen LogP contribution is 2.13. The number of nitrogens with one attached hydrogen (secondary N) is 1. The second kappa shape index (κ2) is 11.9. The van der Waals surface area contributed by atoms with E-state index in [-0.39, 0.29) is 11.9 Å². The molecule has 1 aliphatic rings. The highest BCUT2D eigenvalue weighted by atomic mass is 16.6. The Morgan fingerprint density at radius 2 is 1.87 bits per heavy atom. The number of rotatable bonds is 9. The van der Waals surface area contributed by atoms with Crippen LogP contribution in [0.5, 0.6) is 0 Å². The fourth-order valence-corrected chi connectivity index (χ4v) is 3.41. The molecule has 168 valence electrons. The van der Waals surface area contributed by atoms with Crippen molar-refractivity contribution in [1.82, 2.24) is 15.1 Å². The summed E-state index contributed by atoms with van der Waals surface area (Å²) in [7, 11) is 0. The van der Waals surface area contributed by atoms with Gasteiger partial charge < -0.3 is 19.7 Å². The number of hydrogen-bond donors (Lipinski definition) is 1. The van der Waals surface area contributed by atoms with Gasteiger partial charge in [0.2, 0.25) is 5.91 Å². The minimum absolute atomic E-state index is 0.0922. The smallest absolute Gasteiger partial charge is 0.407 e. The standard InChI is InChI=1S/C23H37N3O4/c1-19(17-25-13-15-29-16-14-25)26(18-20-9-6-5-7-10-20)21(27)11-8-12-24-22(28)30-23(2,3)4/h5-7,9-10,19H,8,11-18H2,1-4H3,(H,24,28). The number of amides is 2. The molecule has 30 heavy (non-hydrogen) atoms. The van der Waals surface area contributed by atoms with E-state index in [9.17, 15) is 9.59 Å². The zero-order valence-electron chi connectivity index (χ0n) is 18.9. The van der Waals surface area contributed by atoms with Gasteiger partial charge in [-0.3, -0.25) is 9.69 Å². The topological polar surface area (TPSA) is 71.1 Å². The predicted octanol–water partition coefficient (Wildman–Crippen LogP) is 3.04. The molecule has 7 heteroatoms. The summed E-state index contributed by atoms with van der Waals surface area (Å²) in [5, 5.41) is 2.72. The second-order valence-electron chi connectivity index (χ2n) is 8.80. The molecule has 1 heterocycles. The highest BCUT2D eigenvalue weighted by molar-refractivity contribution is 5.76. The molecule has 0 spiro atoms. The maximum Gasteiger partial charge on any atom is 0.407 e. The minimum atomic E-state index is -0.526. The van der Waals surface area contributed by atoms with Crippen LogP contribution in [0.4, 0.5) is 4.79 Å². The molecule has 1 saturated heterocycles. The zero-order chi connectivity index (χ0) is 22.0. The van der Waals surface area contributed by atoms with Crippen LogP contribution >= 0.6 is 0 Å². The van der Waals surface area contributed by atoms with Gasteiger partial charge in [-0.15, -0.1) is 0 Å². The Morgan fingerprint density at radius 1 is 1.20 bits per heavy atom. The number of morpholine rings is 1. The van der Waals surface area contributed by atoms with Crippen molar-refractivity contribution in [2.45, 2.75) is 58.7 Å². The van der Waals surface area contributed by atoms with E-state index in [2.05, 4.69) is 17.1 Å². The molecule has 2 amide bonds. The number of alkyl carbamates (subject to hydrolysis) is 1. The van der Waals surface area contributed by atoms with Gasteiger partial charge in [0.15, 0.2) is 0 Å². The molecule has 1 unspecified atom stereocenters. The van der Waals surface area contributed by atoms with Gasteiger partial charge in [-0.2, -0.15) is 0 Å². The summed E-state index contributed by atoms with van der Waals surface area (Å²) in [4.78, 5) is 29.1. The van der Waals surface area contributed by atoms with Gasteiger partial charge in [-0.05, 0) is 39.7 Å². The quantitative estimate of drug-likeness (QED) is 0.623. The largest absolute Gasteiger partial charge is 0.444 e. The lowest BCUT2D eigenvalue weighted by molar-refractivity contribution is -0.134. The van der Waals surface area contributed by atoms with E-state index in [0.29, 0.717) is 25.9 Å².